The highest BCUT2D eigenvalue weighted by molar-refractivity contribution is 14.0. The minimum Gasteiger partial charge on any atom is -0.497 e. The van der Waals surface area contributed by atoms with Crippen molar-refractivity contribution in [3.63, 3.8) is 0 Å². The van der Waals surface area contributed by atoms with E-state index in [-0.39, 0.29) is 24.0 Å². The maximum atomic E-state index is 5.34. The van der Waals surface area contributed by atoms with E-state index in [1.165, 1.54) is 35.5 Å². The molecule has 1 aromatic carbocycles. The van der Waals surface area contributed by atoms with Gasteiger partial charge in [-0.15, -0.1) is 24.0 Å². The molecule has 0 aliphatic carbocycles. The van der Waals surface area contributed by atoms with Crippen LogP contribution in [-0.2, 0) is 0 Å². The molecular formula is C20H30IN3OS. The van der Waals surface area contributed by atoms with Gasteiger partial charge in [-0.05, 0) is 60.0 Å². The van der Waals surface area contributed by atoms with Gasteiger partial charge < -0.3 is 15.0 Å². The van der Waals surface area contributed by atoms with E-state index in [2.05, 4.69) is 51.2 Å². The van der Waals surface area contributed by atoms with Crippen molar-refractivity contribution in [2.45, 2.75) is 19.3 Å². The number of aliphatic imine (C=N–C) groups is 1. The summed E-state index contributed by atoms with van der Waals surface area (Å²) in [6.07, 6.45) is 6.01. The third-order valence-corrected chi connectivity index (χ3v) is 6.10. The number of ether oxygens (including phenoxy) is 1. The van der Waals surface area contributed by atoms with Crippen LogP contribution >= 0.6 is 35.7 Å². The molecular weight excluding hydrogens is 457 g/mol. The summed E-state index contributed by atoms with van der Waals surface area (Å²) in [5.41, 5.74) is 2.66. The van der Waals surface area contributed by atoms with Gasteiger partial charge in [-0.1, -0.05) is 18.2 Å². The molecule has 0 unspecified atom stereocenters. The molecule has 3 rings (SSSR count). The van der Waals surface area contributed by atoms with Gasteiger partial charge in [0.2, 0.25) is 0 Å². The molecule has 0 radical (unpaired) electrons. The van der Waals surface area contributed by atoms with Crippen molar-refractivity contribution in [3.05, 3.63) is 35.9 Å². The second-order valence-electron chi connectivity index (χ2n) is 6.64. The van der Waals surface area contributed by atoms with Gasteiger partial charge in [-0.3, -0.25) is 4.99 Å². The summed E-state index contributed by atoms with van der Waals surface area (Å²) < 4.78 is 5.34. The van der Waals surface area contributed by atoms with Gasteiger partial charge in [0.15, 0.2) is 5.96 Å². The Kier molecular flexibility index (Phi) is 9.11. The molecule has 1 N–H and O–H groups in total. The van der Waals surface area contributed by atoms with Crippen molar-refractivity contribution in [1.82, 2.24) is 10.2 Å². The third-order valence-electron chi connectivity index (χ3n) is 5.05. The van der Waals surface area contributed by atoms with Crippen LogP contribution in [0.15, 0.2) is 35.3 Å². The van der Waals surface area contributed by atoms with Gasteiger partial charge >= 0.3 is 0 Å². The Morgan fingerprint density at radius 1 is 1.35 bits per heavy atom. The number of rotatable bonds is 4. The van der Waals surface area contributed by atoms with Crippen LogP contribution in [0.2, 0.25) is 0 Å². The lowest BCUT2D eigenvalue weighted by molar-refractivity contribution is 0.413. The monoisotopic (exact) mass is 487 g/mol. The van der Waals surface area contributed by atoms with E-state index in [1.54, 1.807) is 7.11 Å². The lowest BCUT2D eigenvalue weighted by atomic mass is 9.99. The smallest absolute Gasteiger partial charge is 0.193 e. The second-order valence-corrected chi connectivity index (χ2v) is 7.87. The minimum absolute atomic E-state index is 0. The van der Waals surface area contributed by atoms with E-state index >= 15 is 0 Å². The zero-order valence-electron chi connectivity index (χ0n) is 15.7. The van der Waals surface area contributed by atoms with Crippen LogP contribution in [0, 0.1) is 5.92 Å². The van der Waals surface area contributed by atoms with Crippen molar-refractivity contribution in [2.24, 2.45) is 10.9 Å². The standard InChI is InChI=1S/C20H29N3OS.HI/c1-21-20(22-15-16-8-12-25-13-9-16)23-10-6-17(7-11-23)18-4-3-5-19(14-18)24-2;/h3-6,14,16H,7-13,15H2,1-2H3,(H,21,22);1H. The molecule has 1 fully saturated rings. The Hall–Kier alpha value is -0.890. The Labute approximate surface area is 178 Å². The van der Waals surface area contributed by atoms with E-state index in [4.69, 9.17) is 4.74 Å². The van der Waals surface area contributed by atoms with Crippen LogP contribution in [0.1, 0.15) is 24.8 Å². The number of hydrogen-bond donors (Lipinski definition) is 1. The number of nitrogens with one attached hydrogen (secondary N) is 1. The molecule has 6 heteroatoms. The number of methoxy groups -OCH3 is 1. The highest BCUT2D eigenvalue weighted by Crippen LogP contribution is 2.26. The molecule has 2 heterocycles. The summed E-state index contributed by atoms with van der Waals surface area (Å²) >= 11 is 2.08. The SMILES string of the molecule is CN=C(NCC1CCSCC1)N1CC=C(c2cccc(OC)c2)CC1.I. The molecule has 0 spiro atoms. The van der Waals surface area contributed by atoms with Crippen LogP contribution in [0.5, 0.6) is 5.75 Å². The molecule has 1 aromatic rings. The van der Waals surface area contributed by atoms with Gasteiger partial charge in [0, 0.05) is 26.7 Å². The van der Waals surface area contributed by atoms with Gasteiger partial charge in [0.05, 0.1) is 7.11 Å². The third kappa shape index (κ3) is 5.81. The zero-order chi connectivity index (χ0) is 17.5. The Balaban J connectivity index is 0.00000243. The fourth-order valence-electron chi connectivity index (χ4n) is 3.46. The number of hydrogen-bond acceptors (Lipinski definition) is 3. The lowest BCUT2D eigenvalue weighted by Gasteiger charge is -2.31. The van der Waals surface area contributed by atoms with Gasteiger partial charge in [0.25, 0.3) is 0 Å². The van der Waals surface area contributed by atoms with E-state index in [9.17, 15) is 0 Å². The average molecular weight is 487 g/mol. The Morgan fingerprint density at radius 2 is 2.15 bits per heavy atom. The molecule has 1 saturated heterocycles. The highest BCUT2D eigenvalue weighted by Gasteiger charge is 2.19. The fraction of sp³-hybridized carbons (Fsp3) is 0.550. The molecule has 0 amide bonds. The first-order valence-electron chi connectivity index (χ1n) is 9.17. The van der Waals surface area contributed by atoms with E-state index in [0.29, 0.717) is 0 Å². The van der Waals surface area contributed by atoms with Crippen molar-refractivity contribution in [1.29, 1.82) is 0 Å². The molecule has 144 valence electrons. The minimum atomic E-state index is 0. The first-order chi connectivity index (χ1) is 12.3. The average Bonchev–Trinajstić information content (AvgIpc) is 2.70. The summed E-state index contributed by atoms with van der Waals surface area (Å²) in [7, 11) is 3.61. The maximum Gasteiger partial charge on any atom is 0.193 e. The van der Waals surface area contributed by atoms with E-state index < -0.39 is 0 Å². The summed E-state index contributed by atoms with van der Waals surface area (Å²) in [6, 6.07) is 8.34. The first kappa shape index (κ1) is 21.4. The number of thioether (sulfide) groups is 1. The quantitative estimate of drug-likeness (QED) is 0.394. The Morgan fingerprint density at radius 3 is 2.81 bits per heavy atom. The lowest BCUT2D eigenvalue weighted by Crippen LogP contribution is -2.45. The molecule has 4 nitrogen and oxygen atoms in total. The van der Waals surface area contributed by atoms with Crippen LogP contribution in [0.3, 0.4) is 0 Å². The fourth-order valence-corrected chi connectivity index (χ4v) is 4.67. The summed E-state index contributed by atoms with van der Waals surface area (Å²) in [5, 5.41) is 3.60. The predicted molar refractivity (Wildman–Crippen MR) is 124 cm³/mol. The van der Waals surface area contributed by atoms with Crippen LogP contribution in [-0.4, -0.2) is 56.2 Å². The molecule has 2 aliphatic rings. The normalized spacial score (nSPS) is 18.8. The second kappa shape index (κ2) is 11.1. The maximum absolute atomic E-state index is 5.34. The Bertz CT molecular complexity index is 629. The first-order valence-corrected chi connectivity index (χ1v) is 10.3. The molecule has 0 aromatic heterocycles. The van der Waals surface area contributed by atoms with E-state index in [0.717, 1.165) is 43.7 Å². The van der Waals surface area contributed by atoms with Crippen molar-refractivity contribution < 1.29 is 4.74 Å². The highest BCUT2D eigenvalue weighted by atomic mass is 127. The molecule has 26 heavy (non-hydrogen) atoms. The van der Waals surface area contributed by atoms with Crippen molar-refractivity contribution >= 4 is 47.3 Å². The summed E-state index contributed by atoms with van der Waals surface area (Å²) in [5.74, 6) is 5.37. The van der Waals surface area contributed by atoms with Crippen LogP contribution in [0.25, 0.3) is 5.57 Å². The molecule has 0 atom stereocenters. The van der Waals surface area contributed by atoms with Gasteiger partial charge in [-0.25, -0.2) is 0 Å². The number of guanidine groups is 1. The van der Waals surface area contributed by atoms with Crippen molar-refractivity contribution in [2.75, 3.05) is 45.3 Å². The van der Waals surface area contributed by atoms with Crippen molar-refractivity contribution in [3.8, 4) is 5.75 Å². The molecule has 2 aliphatic heterocycles. The number of halogens is 1. The molecule has 0 bridgehead atoms. The summed E-state index contributed by atoms with van der Waals surface area (Å²) in [6.45, 7) is 2.96. The van der Waals surface area contributed by atoms with Gasteiger partial charge in [-0.2, -0.15) is 11.8 Å². The van der Waals surface area contributed by atoms with Crippen LogP contribution < -0.4 is 10.1 Å². The van der Waals surface area contributed by atoms with Crippen LogP contribution in [0.4, 0.5) is 0 Å². The largest absolute Gasteiger partial charge is 0.497 e. The topological polar surface area (TPSA) is 36.9 Å². The zero-order valence-corrected chi connectivity index (χ0v) is 18.9. The van der Waals surface area contributed by atoms with Gasteiger partial charge in [0.1, 0.15) is 5.75 Å². The summed E-state index contributed by atoms with van der Waals surface area (Å²) in [4.78, 5) is 6.85. The van der Waals surface area contributed by atoms with E-state index in [1.807, 2.05) is 13.1 Å². The number of benzene rings is 1. The molecule has 0 saturated carbocycles. The predicted octanol–water partition coefficient (Wildman–Crippen LogP) is 4.12. The number of nitrogens with zero attached hydrogens (tertiary/aromatic N) is 2.